The molecule has 0 aromatic carbocycles. The van der Waals surface area contributed by atoms with Crippen molar-refractivity contribution >= 4 is 0 Å². The Bertz CT molecular complexity index is 241. The highest BCUT2D eigenvalue weighted by atomic mass is 14.1. The maximum Gasteiger partial charge on any atom is -0.0242 e. The van der Waals surface area contributed by atoms with E-state index < -0.39 is 0 Å². The Balaban J connectivity index is 2.65. The van der Waals surface area contributed by atoms with Crippen molar-refractivity contribution in [2.45, 2.75) is 40.0 Å². The van der Waals surface area contributed by atoms with Crippen molar-refractivity contribution in [3.63, 3.8) is 0 Å². The van der Waals surface area contributed by atoms with Gasteiger partial charge in [0.25, 0.3) is 0 Å². The van der Waals surface area contributed by atoms with Gasteiger partial charge in [0.2, 0.25) is 0 Å². The molecule has 13 heavy (non-hydrogen) atoms. The van der Waals surface area contributed by atoms with Crippen molar-refractivity contribution in [1.82, 2.24) is 0 Å². The molecule has 1 aliphatic rings. The Hall–Kier alpha value is -0.780. The predicted octanol–water partition coefficient (Wildman–Crippen LogP) is 4.26. The normalized spacial score (nSPS) is 19.9. The van der Waals surface area contributed by atoms with Gasteiger partial charge in [0.15, 0.2) is 0 Å². The van der Waals surface area contributed by atoms with Gasteiger partial charge >= 0.3 is 0 Å². The molecule has 0 spiro atoms. The molecule has 1 atom stereocenters. The molecular formula is C13H20. The van der Waals surface area contributed by atoms with E-state index in [0.717, 1.165) is 0 Å². The molecule has 0 amide bonds. The fraction of sp³-hybridized carbons (Fsp3) is 0.538. The van der Waals surface area contributed by atoms with Crippen molar-refractivity contribution < 1.29 is 0 Å². The molecule has 72 valence electrons. The van der Waals surface area contributed by atoms with Gasteiger partial charge in [0, 0.05) is 0 Å². The van der Waals surface area contributed by atoms with Gasteiger partial charge in [-0.3, -0.25) is 0 Å². The Morgan fingerprint density at radius 3 is 2.92 bits per heavy atom. The minimum absolute atomic E-state index is 0.715. The second-order valence-electron chi connectivity index (χ2n) is 3.89. The van der Waals surface area contributed by atoms with Gasteiger partial charge in [-0.25, -0.2) is 0 Å². The van der Waals surface area contributed by atoms with Gasteiger partial charge in [-0.15, -0.1) is 0 Å². The summed E-state index contributed by atoms with van der Waals surface area (Å²) in [6.07, 6.45) is 12.7. The maximum atomic E-state index is 2.39. The number of rotatable bonds is 3. The first-order valence-electron chi connectivity index (χ1n) is 5.28. The van der Waals surface area contributed by atoms with Crippen LogP contribution in [0.2, 0.25) is 0 Å². The molecule has 1 unspecified atom stereocenters. The van der Waals surface area contributed by atoms with Crippen molar-refractivity contribution in [2.75, 3.05) is 0 Å². The molecule has 1 rings (SSSR count). The highest BCUT2D eigenvalue weighted by Gasteiger charge is 2.02. The standard InChI is InChI=1S/C13H20/c1-4-11(2)10-12(3)13-8-6-5-7-9-13/h5-6,8,10-11H,4,7,9H2,1-3H3/b12-10+. The van der Waals surface area contributed by atoms with Crippen LogP contribution in [-0.2, 0) is 0 Å². The summed E-state index contributed by atoms with van der Waals surface area (Å²) in [5.74, 6) is 0.715. The molecule has 0 saturated heterocycles. The van der Waals surface area contributed by atoms with Crippen LogP contribution < -0.4 is 0 Å². The molecule has 0 saturated carbocycles. The smallest absolute Gasteiger partial charge is 0.0242 e. The second-order valence-corrected chi connectivity index (χ2v) is 3.89. The first-order valence-corrected chi connectivity index (χ1v) is 5.28. The molecule has 0 heteroatoms. The second kappa shape index (κ2) is 5.06. The van der Waals surface area contributed by atoms with Crippen molar-refractivity contribution in [1.29, 1.82) is 0 Å². The SMILES string of the molecule is CCC(C)/C=C(\C)C1=CC=CCC1. The van der Waals surface area contributed by atoms with E-state index in [-0.39, 0.29) is 0 Å². The molecule has 1 aliphatic carbocycles. The zero-order valence-corrected chi connectivity index (χ0v) is 9.01. The van der Waals surface area contributed by atoms with Crippen LogP contribution in [-0.4, -0.2) is 0 Å². The van der Waals surface area contributed by atoms with Gasteiger partial charge in [0.1, 0.15) is 0 Å². The van der Waals surface area contributed by atoms with E-state index in [0.29, 0.717) is 5.92 Å². The summed E-state index contributed by atoms with van der Waals surface area (Å²) in [6, 6.07) is 0. The Labute approximate surface area is 82.0 Å². The Kier molecular flexibility index (Phi) is 4.01. The lowest BCUT2D eigenvalue weighted by Gasteiger charge is -2.11. The van der Waals surface area contributed by atoms with E-state index in [1.54, 1.807) is 0 Å². The van der Waals surface area contributed by atoms with E-state index in [4.69, 9.17) is 0 Å². The van der Waals surface area contributed by atoms with Gasteiger partial charge in [0.05, 0.1) is 0 Å². The Morgan fingerprint density at radius 2 is 2.38 bits per heavy atom. The minimum Gasteiger partial charge on any atom is -0.0842 e. The monoisotopic (exact) mass is 176 g/mol. The first kappa shape index (κ1) is 10.3. The van der Waals surface area contributed by atoms with Crippen LogP contribution in [0.5, 0.6) is 0 Å². The molecule has 0 bridgehead atoms. The topological polar surface area (TPSA) is 0 Å². The summed E-state index contributed by atoms with van der Waals surface area (Å²) >= 11 is 0. The zero-order valence-electron chi connectivity index (χ0n) is 9.01. The van der Waals surface area contributed by atoms with E-state index >= 15 is 0 Å². The average molecular weight is 176 g/mol. The molecular weight excluding hydrogens is 156 g/mol. The highest BCUT2D eigenvalue weighted by Crippen LogP contribution is 2.21. The summed E-state index contributed by atoms with van der Waals surface area (Å²) in [4.78, 5) is 0. The molecule has 0 aliphatic heterocycles. The van der Waals surface area contributed by atoms with Gasteiger partial charge < -0.3 is 0 Å². The molecule has 0 N–H and O–H groups in total. The first-order chi connectivity index (χ1) is 6.24. The average Bonchev–Trinajstić information content (AvgIpc) is 2.19. The lowest BCUT2D eigenvalue weighted by Crippen LogP contribution is -1.93. The van der Waals surface area contributed by atoms with Crippen molar-refractivity contribution in [3.8, 4) is 0 Å². The van der Waals surface area contributed by atoms with Crippen molar-refractivity contribution in [2.24, 2.45) is 5.92 Å². The highest BCUT2D eigenvalue weighted by molar-refractivity contribution is 5.34. The predicted molar refractivity (Wildman–Crippen MR) is 59.7 cm³/mol. The summed E-state index contributed by atoms with van der Waals surface area (Å²) < 4.78 is 0. The van der Waals surface area contributed by atoms with Crippen LogP contribution in [0, 0.1) is 5.92 Å². The van der Waals surface area contributed by atoms with Gasteiger partial charge in [-0.2, -0.15) is 0 Å². The molecule has 0 fully saturated rings. The number of allylic oxidation sites excluding steroid dienone is 6. The third-order valence-electron chi connectivity index (χ3n) is 2.70. The third kappa shape index (κ3) is 3.22. The van der Waals surface area contributed by atoms with E-state index in [2.05, 4.69) is 45.1 Å². The van der Waals surface area contributed by atoms with Crippen LogP contribution in [0.25, 0.3) is 0 Å². The minimum atomic E-state index is 0.715. The lowest BCUT2D eigenvalue weighted by atomic mass is 9.95. The van der Waals surface area contributed by atoms with Gasteiger partial charge in [-0.1, -0.05) is 50.1 Å². The molecule has 0 nitrogen and oxygen atoms in total. The summed E-state index contributed by atoms with van der Waals surface area (Å²) in [7, 11) is 0. The number of hydrogen-bond donors (Lipinski definition) is 0. The summed E-state index contributed by atoms with van der Waals surface area (Å²) in [5, 5.41) is 0. The molecule has 0 heterocycles. The van der Waals surface area contributed by atoms with Crippen molar-refractivity contribution in [3.05, 3.63) is 35.5 Å². The Morgan fingerprint density at radius 1 is 1.62 bits per heavy atom. The largest absolute Gasteiger partial charge is 0.0842 e. The quantitative estimate of drug-likeness (QED) is 0.603. The molecule has 0 radical (unpaired) electrons. The van der Waals surface area contributed by atoms with Crippen LogP contribution in [0.15, 0.2) is 35.5 Å². The summed E-state index contributed by atoms with van der Waals surface area (Å²) in [5.41, 5.74) is 2.99. The summed E-state index contributed by atoms with van der Waals surface area (Å²) in [6.45, 7) is 6.75. The maximum absolute atomic E-state index is 2.39. The molecule has 0 aromatic heterocycles. The van der Waals surface area contributed by atoms with E-state index in [9.17, 15) is 0 Å². The van der Waals surface area contributed by atoms with E-state index in [1.165, 1.54) is 30.4 Å². The molecule has 0 aromatic rings. The van der Waals surface area contributed by atoms with E-state index in [1.807, 2.05) is 0 Å². The van der Waals surface area contributed by atoms with Crippen LogP contribution in [0.3, 0.4) is 0 Å². The van der Waals surface area contributed by atoms with Crippen LogP contribution >= 0.6 is 0 Å². The van der Waals surface area contributed by atoms with Crippen LogP contribution in [0.4, 0.5) is 0 Å². The number of hydrogen-bond acceptors (Lipinski definition) is 0. The lowest BCUT2D eigenvalue weighted by molar-refractivity contribution is 0.692. The van der Waals surface area contributed by atoms with Gasteiger partial charge in [-0.05, 0) is 31.3 Å². The third-order valence-corrected chi connectivity index (χ3v) is 2.70. The van der Waals surface area contributed by atoms with Crippen LogP contribution in [0.1, 0.15) is 40.0 Å². The fourth-order valence-electron chi connectivity index (χ4n) is 1.58. The fourth-order valence-corrected chi connectivity index (χ4v) is 1.58. The zero-order chi connectivity index (χ0) is 9.68.